The number of rotatable bonds is 4. The van der Waals surface area contributed by atoms with Crippen LogP contribution in [0, 0.1) is 18.2 Å². The minimum Gasteiger partial charge on any atom is -0.351 e. The van der Waals surface area contributed by atoms with Gasteiger partial charge in [-0.1, -0.05) is 46.8 Å². The first kappa shape index (κ1) is 15.5. The second-order valence-corrected chi connectivity index (χ2v) is 6.42. The SMILES string of the molecule is Cc1ccc(F)c(C(=O)NCC2(CBr)CCCCC2)c1. The van der Waals surface area contributed by atoms with Crippen molar-refractivity contribution in [2.75, 3.05) is 11.9 Å². The number of benzene rings is 1. The summed E-state index contributed by atoms with van der Waals surface area (Å²) < 4.78 is 13.7. The van der Waals surface area contributed by atoms with Crippen molar-refractivity contribution in [2.45, 2.75) is 39.0 Å². The van der Waals surface area contributed by atoms with E-state index in [2.05, 4.69) is 21.2 Å². The molecule has 0 unspecified atom stereocenters. The minimum atomic E-state index is -0.454. The Balaban J connectivity index is 2.02. The molecule has 1 aromatic rings. The largest absolute Gasteiger partial charge is 0.351 e. The molecule has 2 rings (SSSR count). The van der Waals surface area contributed by atoms with Crippen LogP contribution in [0.3, 0.4) is 0 Å². The lowest BCUT2D eigenvalue weighted by Gasteiger charge is -2.35. The molecule has 0 bridgehead atoms. The van der Waals surface area contributed by atoms with E-state index >= 15 is 0 Å². The van der Waals surface area contributed by atoms with E-state index in [0.717, 1.165) is 23.7 Å². The van der Waals surface area contributed by atoms with E-state index in [9.17, 15) is 9.18 Å². The van der Waals surface area contributed by atoms with Gasteiger partial charge in [0.25, 0.3) is 5.91 Å². The highest BCUT2D eigenvalue weighted by Gasteiger charge is 2.31. The van der Waals surface area contributed by atoms with E-state index in [-0.39, 0.29) is 16.9 Å². The van der Waals surface area contributed by atoms with Crippen molar-refractivity contribution in [3.8, 4) is 0 Å². The van der Waals surface area contributed by atoms with E-state index in [0.29, 0.717) is 6.54 Å². The summed E-state index contributed by atoms with van der Waals surface area (Å²) in [6.45, 7) is 2.47. The molecule has 0 atom stereocenters. The zero-order valence-corrected chi connectivity index (χ0v) is 13.4. The predicted octanol–water partition coefficient (Wildman–Crippen LogP) is 4.21. The van der Waals surface area contributed by atoms with Crippen LogP contribution in [-0.4, -0.2) is 17.8 Å². The maximum Gasteiger partial charge on any atom is 0.254 e. The van der Waals surface area contributed by atoms with Crippen molar-refractivity contribution in [1.82, 2.24) is 5.32 Å². The van der Waals surface area contributed by atoms with Gasteiger partial charge in [0.05, 0.1) is 5.56 Å². The second-order valence-electron chi connectivity index (χ2n) is 5.86. The first-order valence-electron chi connectivity index (χ1n) is 7.17. The van der Waals surface area contributed by atoms with Crippen LogP contribution >= 0.6 is 15.9 Å². The standard InChI is InChI=1S/C16H21BrFNO/c1-12-5-6-14(18)13(9-12)15(20)19-11-16(10-17)7-3-2-4-8-16/h5-6,9H,2-4,7-8,10-11H2,1H3,(H,19,20). The highest BCUT2D eigenvalue weighted by Crippen LogP contribution is 2.37. The smallest absolute Gasteiger partial charge is 0.254 e. The molecule has 1 aromatic carbocycles. The topological polar surface area (TPSA) is 29.1 Å². The second kappa shape index (κ2) is 6.70. The number of halogens is 2. The highest BCUT2D eigenvalue weighted by molar-refractivity contribution is 9.09. The number of aryl methyl sites for hydroxylation is 1. The average molecular weight is 342 g/mol. The van der Waals surface area contributed by atoms with E-state index in [1.54, 1.807) is 12.1 Å². The van der Waals surface area contributed by atoms with Gasteiger partial charge in [-0.15, -0.1) is 0 Å². The number of nitrogens with one attached hydrogen (secondary N) is 1. The summed E-state index contributed by atoms with van der Waals surface area (Å²) in [5, 5.41) is 3.81. The molecule has 0 aliphatic heterocycles. The van der Waals surface area contributed by atoms with Gasteiger partial charge < -0.3 is 5.32 Å². The van der Waals surface area contributed by atoms with Crippen molar-refractivity contribution < 1.29 is 9.18 Å². The molecule has 1 saturated carbocycles. The summed E-state index contributed by atoms with van der Waals surface area (Å²) in [7, 11) is 0. The van der Waals surface area contributed by atoms with Gasteiger partial charge >= 0.3 is 0 Å². The fourth-order valence-electron chi connectivity index (χ4n) is 2.84. The van der Waals surface area contributed by atoms with Crippen molar-refractivity contribution in [1.29, 1.82) is 0 Å². The Morgan fingerprint density at radius 3 is 2.70 bits per heavy atom. The van der Waals surface area contributed by atoms with Gasteiger partial charge in [-0.05, 0) is 37.3 Å². The Morgan fingerprint density at radius 1 is 1.35 bits per heavy atom. The molecular weight excluding hydrogens is 321 g/mol. The number of carbonyl (C=O) groups is 1. The van der Waals surface area contributed by atoms with E-state index in [1.165, 1.54) is 25.3 Å². The average Bonchev–Trinajstić information content (AvgIpc) is 2.48. The van der Waals surface area contributed by atoms with Gasteiger partial charge in [0.1, 0.15) is 5.82 Å². The maximum atomic E-state index is 13.7. The molecule has 2 nitrogen and oxygen atoms in total. The van der Waals surface area contributed by atoms with E-state index in [1.807, 2.05) is 6.92 Å². The molecule has 0 heterocycles. The van der Waals surface area contributed by atoms with Crippen molar-refractivity contribution in [2.24, 2.45) is 5.41 Å². The first-order valence-corrected chi connectivity index (χ1v) is 8.29. The zero-order chi connectivity index (χ0) is 14.6. The van der Waals surface area contributed by atoms with Gasteiger partial charge in [0.15, 0.2) is 0 Å². The Bertz CT molecular complexity index is 483. The molecule has 0 radical (unpaired) electrons. The molecule has 4 heteroatoms. The van der Waals surface area contributed by atoms with Gasteiger partial charge in [-0.3, -0.25) is 4.79 Å². The molecule has 1 amide bonds. The molecule has 1 aliphatic carbocycles. The zero-order valence-electron chi connectivity index (χ0n) is 11.8. The fourth-order valence-corrected chi connectivity index (χ4v) is 3.59. The molecular formula is C16H21BrFNO. The molecule has 1 N–H and O–H groups in total. The summed E-state index contributed by atoms with van der Waals surface area (Å²) in [4.78, 5) is 12.2. The lowest BCUT2D eigenvalue weighted by atomic mass is 9.75. The number of carbonyl (C=O) groups excluding carboxylic acids is 1. The monoisotopic (exact) mass is 341 g/mol. The van der Waals surface area contributed by atoms with Crippen molar-refractivity contribution in [3.05, 3.63) is 35.1 Å². The van der Waals surface area contributed by atoms with Crippen LogP contribution in [0.25, 0.3) is 0 Å². The number of amides is 1. The van der Waals surface area contributed by atoms with Crippen LogP contribution in [0.15, 0.2) is 18.2 Å². The Morgan fingerprint density at radius 2 is 2.05 bits per heavy atom. The summed E-state index contributed by atoms with van der Waals surface area (Å²) >= 11 is 3.58. The van der Waals surface area contributed by atoms with Crippen LogP contribution in [0.1, 0.15) is 48.0 Å². The van der Waals surface area contributed by atoms with Gasteiger partial charge in [-0.25, -0.2) is 4.39 Å². The van der Waals surface area contributed by atoms with Crippen LogP contribution in [-0.2, 0) is 0 Å². The van der Waals surface area contributed by atoms with E-state index in [4.69, 9.17) is 0 Å². The molecule has 0 aromatic heterocycles. The van der Waals surface area contributed by atoms with Gasteiger partial charge in [0.2, 0.25) is 0 Å². The number of hydrogen-bond donors (Lipinski definition) is 1. The molecule has 1 aliphatic rings. The molecule has 1 fully saturated rings. The molecule has 110 valence electrons. The molecule has 0 spiro atoms. The third-order valence-electron chi connectivity index (χ3n) is 4.19. The molecule has 20 heavy (non-hydrogen) atoms. The Labute approximate surface area is 128 Å². The minimum absolute atomic E-state index is 0.133. The third-order valence-corrected chi connectivity index (χ3v) is 5.38. The first-order chi connectivity index (χ1) is 9.56. The predicted molar refractivity (Wildman–Crippen MR) is 82.8 cm³/mol. The van der Waals surface area contributed by atoms with Gasteiger partial charge in [-0.2, -0.15) is 0 Å². The Hall–Kier alpha value is -0.900. The quantitative estimate of drug-likeness (QED) is 0.816. The summed E-state index contributed by atoms with van der Waals surface area (Å²) in [6, 6.07) is 4.63. The number of hydrogen-bond acceptors (Lipinski definition) is 1. The van der Waals surface area contributed by atoms with Crippen LogP contribution in [0.2, 0.25) is 0 Å². The fraction of sp³-hybridized carbons (Fsp3) is 0.562. The van der Waals surface area contributed by atoms with Crippen LogP contribution < -0.4 is 5.32 Å². The normalized spacial score (nSPS) is 17.8. The van der Waals surface area contributed by atoms with Crippen LogP contribution in [0.5, 0.6) is 0 Å². The highest BCUT2D eigenvalue weighted by atomic mass is 79.9. The van der Waals surface area contributed by atoms with E-state index < -0.39 is 5.82 Å². The summed E-state index contributed by atoms with van der Waals surface area (Å²) in [5.74, 6) is -0.762. The van der Waals surface area contributed by atoms with Gasteiger partial charge in [0, 0.05) is 11.9 Å². The third kappa shape index (κ3) is 3.60. The maximum absolute atomic E-state index is 13.7. The van der Waals surface area contributed by atoms with Crippen molar-refractivity contribution in [3.63, 3.8) is 0 Å². The number of alkyl halides is 1. The van der Waals surface area contributed by atoms with Crippen molar-refractivity contribution >= 4 is 21.8 Å². The summed E-state index contributed by atoms with van der Waals surface area (Å²) in [5.41, 5.74) is 1.17. The lowest BCUT2D eigenvalue weighted by Crippen LogP contribution is -2.40. The van der Waals surface area contributed by atoms with Crippen LogP contribution in [0.4, 0.5) is 4.39 Å². The molecule has 0 saturated heterocycles. The summed E-state index contributed by atoms with van der Waals surface area (Å²) in [6.07, 6.45) is 5.93. The Kier molecular flexibility index (Phi) is 5.19. The lowest BCUT2D eigenvalue weighted by molar-refractivity contribution is 0.0918.